The van der Waals surface area contributed by atoms with Crippen molar-refractivity contribution in [1.82, 2.24) is 0 Å². The summed E-state index contributed by atoms with van der Waals surface area (Å²) in [5.74, 6) is 1.41. The first kappa shape index (κ1) is 8.53. The van der Waals surface area contributed by atoms with Crippen LogP contribution in [-0.2, 0) is 0 Å². The van der Waals surface area contributed by atoms with Gasteiger partial charge in [-0.15, -0.1) is 0 Å². The number of fused-ring (bicyclic) bond motifs is 2. The number of carbonyl (C=O) groups is 1. The number of ketones is 1. The Bertz CT molecular complexity index is 462. The third kappa shape index (κ3) is 1.09. The Hall–Kier alpha value is -1.77. The van der Waals surface area contributed by atoms with Gasteiger partial charge in [0.15, 0.2) is 5.78 Å². The van der Waals surface area contributed by atoms with Crippen LogP contribution in [0.25, 0.3) is 0 Å². The molecule has 1 heterocycles. The van der Waals surface area contributed by atoms with Crippen molar-refractivity contribution < 1.29 is 14.3 Å². The molecule has 0 aromatic heterocycles. The van der Waals surface area contributed by atoms with Crippen LogP contribution in [0.2, 0.25) is 0 Å². The molecule has 1 aromatic rings. The monoisotopic (exact) mass is 202 g/mol. The number of hydrogen-bond donors (Lipinski definition) is 0. The Balaban J connectivity index is 2.08. The van der Waals surface area contributed by atoms with Crippen molar-refractivity contribution in [1.29, 1.82) is 0 Å². The molecule has 0 bridgehead atoms. The molecule has 0 N–H and O–H groups in total. The van der Waals surface area contributed by atoms with Crippen LogP contribution in [0.4, 0.5) is 0 Å². The predicted octanol–water partition coefficient (Wildman–Crippen LogP) is 1.82. The predicted molar refractivity (Wildman–Crippen MR) is 54.4 cm³/mol. The maximum absolute atomic E-state index is 11.9. The van der Waals surface area contributed by atoms with Crippen molar-refractivity contribution >= 4 is 5.78 Å². The fourth-order valence-electron chi connectivity index (χ4n) is 1.92. The quantitative estimate of drug-likeness (QED) is 0.652. The van der Waals surface area contributed by atoms with E-state index in [9.17, 15) is 4.79 Å². The maximum Gasteiger partial charge on any atom is 0.177 e. The highest BCUT2D eigenvalue weighted by Crippen LogP contribution is 2.38. The first-order valence-corrected chi connectivity index (χ1v) is 4.87. The van der Waals surface area contributed by atoms with Crippen molar-refractivity contribution in [3.8, 4) is 11.5 Å². The van der Waals surface area contributed by atoms with Gasteiger partial charge in [-0.05, 0) is 18.2 Å². The molecule has 2 atom stereocenters. The van der Waals surface area contributed by atoms with Gasteiger partial charge in [0.2, 0.25) is 0 Å². The highest BCUT2D eigenvalue weighted by Gasteiger charge is 2.38. The third-order valence-electron chi connectivity index (χ3n) is 2.88. The van der Waals surface area contributed by atoms with Crippen molar-refractivity contribution in [2.24, 2.45) is 5.92 Å². The zero-order valence-corrected chi connectivity index (χ0v) is 8.27. The number of Topliss-reactive ketones (excluding diaryl/α,β-unsaturated/α-hetero) is 1. The van der Waals surface area contributed by atoms with E-state index >= 15 is 0 Å². The Kier molecular flexibility index (Phi) is 1.63. The highest BCUT2D eigenvalue weighted by atomic mass is 16.5. The van der Waals surface area contributed by atoms with Gasteiger partial charge in [0, 0.05) is 6.07 Å². The van der Waals surface area contributed by atoms with Gasteiger partial charge in [-0.3, -0.25) is 4.79 Å². The minimum atomic E-state index is -0.0779. The second-order valence-electron chi connectivity index (χ2n) is 3.72. The molecule has 0 amide bonds. The summed E-state index contributed by atoms with van der Waals surface area (Å²) in [6, 6.07) is 5.30. The third-order valence-corrected chi connectivity index (χ3v) is 2.88. The van der Waals surface area contributed by atoms with Crippen LogP contribution in [-0.4, -0.2) is 19.0 Å². The van der Waals surface area contributed by atoms with Crippen LogP contribution in [0.15, 0.2) is 30.4 Å². The zero-order chi connectivity index (χ0) is 10.4. The van der Waals surface area contributed by atoms with Gasteiger partial charge in [-0.1, -0.05) is 6.08 Å². The van der Waals surface area contributed by atoms with E-state index in [1.165, 1.54) is 0 Å². The summed E-state index contributed by atoms with van der Waals surface area (Å²) < 4.78 is 10.7. The molecule has 0 fully saturated rings. The fourth-order valence-corrected chi connectivity index (χ4v) is 1.92. The number of benzene rings is 1. The molecule has 0 spiro atoms. The molecular weight excluding hydrogens is 192 g/mol. The standard InChI is InChI=1S/C12H10O3/c1-14-7-2-3-9-11(6-7)15-10-5-4-8(10)12(9)13/h2-6,8,10H,1H3. The van der Waals surface area contributed by atoms with E-state index in [2.05, 4.69) is 0 Å². The van der Waals surface area contributed by atoms with Crippen molar-refractivity contribution in [3.63, 3.8) is 0 Å². The Labute approximate surface area is 87.3 Å². The largest absolute Gasteiger partial charge is 0.497 e. The summed E-state index contributed by atoms with van der Waals surface area (Å²) in [6.07, 6.45) is 3.72. The minimum Gasteiger partial charge on any atom is -0.497 e. The van der Waals surface area contributed by atoms with E-state index < -0.39 is 0 Å². The second kappa shape index (κ2) is 2.86. The Morgan fingerprint density at radius 2 is 2.20 bits per heavy atom. The summed E-state index contributed by atoms with van der Waals surface area (Å²) >= 11 is 0. The lowest BCUT2D eigenvalue weighted by Gasteiger charge is -2.34. The molecule has 1 aliphatic carbocycles. The molecule has 3 heteroatoms. The van der Waals surface area contributed by atoms with Gasteiger partial charge in [0.05, 0.1) is 18.6 Å². The lowest BCUT2D eigenvalue weighted by molar-refractivity contribution is 0.0768. The fraction of sp³-hybridized carbons (Fsp3) is 0.250. The van der Waals surface area contributed by atoms with Gasteiger partial charge in [-0.2, -0.15) is 0 Å². The maximum atomic E-state index is 11.9. The molecule has 1 aromatic carbocycles. The van der Waals surface area contributed by atoms with E-state index in [4.69, 9.17) is 9.47 Å². The zero-order valence-electron chi connectivity index (χ0n) is 8.27. The molecular formula is C12H10O3. The second-order valence-corrected chi connectivity index (χ2v) is 3.72. The smallest absolute Gasteiger partial charge is 0.177 e. The first-order valence-electron chi connectivity index (χ1n) is 4.87. The van der Waals surface area contributed by atoms with Crippen LogP contribution < -0.4 is 9.47 Å². The summed E-state index contributed by atoms with van der Waals surface area (Å²) in [7, 11) is 1.60. The number of methoxy groups -OCH3 is 1. The molecule has 15 heavy (non-hydrogen) atoms. The van der Waals surface area contributed by atoms with Crippen LogP contribution in [0.1, 0.15) is 10.4 Å². The summed E-state index contributed by atoms with van der Waals surface area (Å²) in [5.41, 5.74) is 0.654. The van der Waals surface area contributed by atoms with Gasteiger partial charge in [0.1, 0.15) is 17.6 Å². The van der Waals surface area contributed by atoms with Crippen molar-refractivity contribution in [2.45, 2.75) is 6.10 Å². The Morgan fingerprint density at radius 3 is 2.87 bits per heavy atom. The normalized spacial score (nSPS) is 26.1. The summed E-state index contributed by atoms with van der Waals surface area (Å²) in [4.78, 5) is 11.9. The van der Waals surface area contributed by atoms with Crippen LogP contribution in [0, 0.1) is 5.92 Å². The van der Waals surface area contributed by atoms with E-state index in [1.54, 1.807) is 25.3 Å². The number of rotatable bonds is 1. The molecule has 2 aliphatic rings. The van der Waals surface area contributed by atoms with Crippen molar-refractivity contribution in [2.75, 3.05) is 7.11 Å². The molecule has 0 saturated carbocycles. The van der Waals surface area contributed by atoms with Gasteiger partial charge in [0.25, 0.3) is 0 Å². The van der Waals surface area contributed by atoms with E-state index in [1.807, 2.05) is 12.2 Å². The molecule has 3 nitrogen and oxygen atoms in total. The topological polar surface area (TPSA) is 35.5 Å². The summed E-state index contributed by atoms with van der Waals surface area (Å²) in [5, 5.41) is 0. The number of hydrogen-bond acceptors (Lipinski definition) is 3. The van der Waals surface area contributed by atoms with E-state index in [0.717, 1.165) is 0 Å². The van der Waals surface area contributed by atoms with Gasteiger partial charge in [-0.25, -0.2) is 0 Å². The highest BCUT2D eigenvalue weighted by molar-refractivity contribution is 6.03. The lowest BCUT2D eigenvalue weighted by Crippen LogP contribution is -2.40. The van der Waals surface area contributed by atoms with Gasteiger partial charge >= 0.3 is 0 Å². The van der Waals surface area contributed by atoms with E-state index in [-0.39, 0.29) is 17.8 Å². The van der Waals surface area contributed by atoms with Crippen LogP contribution in [0.5, 0.6) is 11.5 Å². The SMILES string of the molecule is COc1ccc2c(c1)OC1C=CC1C2=O. The average Bonchev–Trinajstić information content (AvgIpc) is 2.22. The first-order chi connectivity index (χ1) is 7.29. The minimum absolute atomic E-state index is 0.0721. The number of carbonyl (C=O) groups excluding carboxylic acids is 1. The molecule has 76 valence electrons. The lowest BCUT2D eigenvalue weighted by atomic mass is 9.82. The van der Waals surface area contributed by atoms with Gasteiger partial charge < -0.3 is 9.47 Å². The average molecular weight is 202 g/mol. The Morgan fingerprint density at radius 1 is 1.33 bits per heavy atom. The van der Waals surface area contributed by atoms with Crippen LogP contribution in [0.3, 0.4) is 0 Å². The van der Waals surface area contributed by atoms with E-state index in [0.29, 0.717) is 17.1 Å². The number of ether oxygens (including phenoxy) is 2. The molecule has 0 saturated heterocycles. The van der Waals surface area contributed by atoms with Crippen molar-refractivity contribution in [3.05, 3.63) is 35.9 Å². The van der Waals surface area contributed by atoms with Crippen LogP contribution >= 0.6 is 0 Å². The molecule has 0 radical (unpaired) electrons. The molecule has 1 aliphatic heterocycles. The molecule has 2 unspecified atom stereocenters. The summed E-state index contributed by atoms with van der Waals surface area (Å²) in [6.45, 7) is 0. The molecule has 3 rings (SSSR count).